The van der Waals surface area contributed by atoms with Crippen LogP contribution in [0.1, 0.15) is 39.5 Å². The molecule has 0 aliphatic rings. The molecule has 0 bridgehead atoms. The van der Waals surface area contributed by atoms with Gasteiger partial charge in [-0.3, -0.25) is 9.59 Å². The standard InChI is InChI=1S/C13H26N2O3/c1-5-13(6-2,10-14)12(17)15(3)9-7-8-11(16)18-4/h5-10,14H2,1-4H3. The largest absolute Gasteiger partial charge is 0.469 e. The van der Waals surface area contributed by atoms with Gasteiger partial charge in [-0.05, 0) is 19.3 Å². The van der Waals surface area contributed by atoms with Crippen molar-refractivity contribution in [1.82, 2.24) is 4.90 Å². The quantitative estimate of drug-likeness (QED) is 0.663. The van der Waals surface area contributed by atoms with Crippen molar-refractivity contribution in [2.45, 2.75) is 39.5 Å². The highest BCUT2D eigenvalue weighted by Gasteiger charge is 2.35. The molecule has 18 heavy (non-hydrogen) atoms. The van der Waals surface area contributed by atoms with E-state index in [4.69, 9.17) is 5.73 Å². The molecule has 0 fully saturated rings. The molecule has 106 valence electrons. The molecule has 0 unspecified atom stereocenters. The van der Waals surface area contributed by atoms with Gasteiger partial charge in [-0.2, -0.15) is 0 Å². The molecule has 5 heteroatoms. The number of carbonyl (C=O) groups is 2. The second-order valence-corrected chi connectivity index (χ2v) is 4.60. The van der Waals surface area contributed by atoms with E-state index in [1.165, 1.54) is 7.11 Å². The smallest absolute Gasteiger partial charge is 0.305 e. The summed E-state index contributed by atoms with van der Waals surface area (Å²) in [5, 5.41) is 0. The monoisotopic (exact) mass is 258 g/mol. The summed E-state index contributed by atoms with van der Waals surface area (Å²) in [5.74, 6) is -0.174. The first-order valence-electron chi connectivity index (χ1n) is 6.49. The van der Waals surface area contributed by atoms with Crippen LogP contribution >= 0.6 is 0 Å². The zero-order valence-electron chi connectivity index (χ0n) is 12.0. The topological polar surface area (TPSA) is 72.6 Å². The Bertz CT molecular complexity index is 267. The Hall–Kier alpha value is -1.10. The third-order valence-electron chi connectivity index (χ3n) is 3.65. The first kappa shape index (κ1) is 16.9. The highest BCUT2D eigenvalue weighted by molar-refractivity contribution is 5.82. The highest BCUT2D eigenvalue weighted by Crippen LogP contribution is 2.27. The molecule has 0 aliphatic carbocycles. The SMILES string of the molecule is CCC(CC)(CN)C(=O)N(C)CCCC(=O)OC. The van der Waals surface area contributed by atoms with Crippen molar-refractivity contribution in [2.24, 2.45) is 11.1 Å². The Kier molecular flexibility index (Phi) is 7.59. The molecule has 0 atom stereocenters. The number of ether oxygens (including phenoxy) is 1. The molecule has 1 amide bonds. The number of esters is 1. The summed E-state index contributed by atoms with van der Waals surface area (Å²) < 4.78 is 4.56. The first-order valence-corrected chi connectivity index (χ1v) is 6.49. The fourth-order valence-corrected chi connectivity index (χ4v) is 2.00. The number of hydrogen-bond donors (Lipinski definition) is 1. The number of carbonyl (C=O) groups excluding carboxylic acids is 2. The van der Waals surface area contributed by atoms with E-state index in [2.05, 4.69) is 4.74 Å². The van der Waals surface area contributed by atoms with E-state index < -0.39 is 5.41 Å². The average Bonchev–Trinajstić information content (AvgIpc) is 2.40. The van der Waals surface area contributed by atoms with Gasteiger partial charge in [-0.25, -0.2) is 0 Å². The summed E-state index contributed by atoms with van der Waals surface area (Å²) >= 11 is 0. The predicted molar refractivity (Wildman–Crippen MR) is 71.0 cm³/mol. The third-order valence-corrected chi connectivity index (χ3v) is 3.65. The van der Waals surface area contributed by atoms with Crippen LogP contribution in [0.2, 0.25) is 0 Å². The molecular weight excluding hydrogens is 232 g/mol. The minimum atomic E-state index is -0.458. The average molecular weight is 258 g/mol. The van der Waals surface area contributed by atoms with Gasteiger partial charge in [0.1, 0.15) is 0 Å². The van der Waals surface area contributed by atoms with Crippen LogP contribution in [0.4, 0.5) is 0 Å². The highest BCUT2D eigenvalue weighted by atomic mass is 16.5. The number of nitrogens with two attached hydrogens (primary N) is 1. The molecule has 0 aromatic heterocycles. The Labute approximate surface area is 110 Å². The van der Waals surface area contributed by atoms with Crippen LogP contribution in [0.25, 0.3) is 0 Å². The van der Waals surface area contributed by atoms with Crippen molar-refractivity contribution < 1.29 is 14.3 Å². The van der Waals surface area contributed by atoms with E-state index in [1.807, 2.05) is 13.8 Å². The summed E-state index contributed by atoms with van der Waals surface area (Å²) in [6.45, 7) is 4.88. The van der Waals surface area contributed by atoms with Gasteiger partial charge < -0.3 is 15.4 Å². The fourth-order valence-electron chi connectivity index (χ4n) is 2.00. The van der Waals surface area contributed by atoms with Crippen LogP contribution in [0.5, 0.6) is 0 Å². The lowest BCUT2D eigenvalue weighted by Crippen LogP contribution is -2.46. The minimum absolute atomic E-state index is 0.0693. The van der Waals surface area contributed by atoms with E-state index in [0.717, 1.165) is 12.8 Å². The van der Waals surface area contributed by atoms with Crippen LogP contribution in [-0.4, -0.2) is 44.0 Å². The molecule has 2 N–H and O–H groups in total. The van der Waals surface area contributed by atoms with Gasteiger partial charge in [0.2, 0.25) is 5.91 Å². The summed E-state index contributed by atoms with van der Waals surface area (Å²) in [6.07, 6.45) is 2.42. The predicted octanol–water partition coefficient (Wildman–Crippen LogP) is 1.16. The van der Waals surface area contributed by atoms with Crippen LogP contribution in [0.15, 0.2) is 0 Å². The van der Waals surface area contributed by atoms with Crippen LogP contribution in [-0.2, 0) is 14.3 Å². The number of amides is 1. The maximum Gasteiger partial charge on any atom is 0.305 e. The van der Waals surface area contributed by atoms with Crippen LogP contribution < -0.4 is 5.73 Å². The lowest BCUT2D eigenvalue weighted by molar-refractivity contribution is -0.143. The third kappa shape index (κ3) is 4.29. The van der Waals surface area contributed by atoms with Gasteiger partial charge in [-0.15, -0.1) is 0 Å². The van der Waals surface area contributed by atoms with E-state index in [0.29, 0.717) is 25.9 Å². The molecule has 0 aliphatic heterocycles. The minimum Gasteiger partial charge on any atom is -0.469 e. The lowest BCUT2D eigenvalue weighted by Gasteiger charge is -2.33. The van der Waals surface area contributed by atoms with Crippen molar-refractivity contribution in [1.29, 1.82) is 0 Å². The number of hydrogen-bond acceptors (Lipinski definition) is 4. The Balaban J connectivity index is 4.36. The Morgan fingerprint density at radius 2 is 1.83 bits per heavy atom. The van der Waals surface area contributed by atoms with E-state index >= 15 is 0 Å². The van der Waals surface area contributed by atoms with E-state index in [-0.39, 0.29) is 11.9 Å². The maximum absolute atomic E-state index is 12.3. The van der Waals surface area contributed by atoms with Crippen LogP contribution in [0.3, 0.4) is 0 Å². The first-order chi connectivity index (χ1) is 8.47. The molecule has 0 spiro atoms. The van der Waals surface area contributed by atoms with Crippen molar-refractivity contribution in [3.05, 3.63) is 0 Å². The second-order valence-electron chi connectivity index (χ2n) is 4.60. The second kappa shape index (κ2) is 8.08. The summed E-state index contributed by atoms with van der Waals surface area (Å²) in [7, 11) is 3.13. The number of nitrogens with zero attached hydrogens (tertiary/aromatic N) is 1. The lowest BCUT2D eigenvalue weighted by atomic mass is 9.81. The molecule has 0 aromatic rings. The Morgan fingerprint density at radius 3 is 2.22 bits per heavy atom. The molecule has 0 heterocycles. The van der Waals surface area contributed by atoms with Gasteiger partial charge in [-0.1, -0.05) is 13.8 Å². The molecule has 5 nitrogen and oxygen atoms in total. The van der Waals surface area contributed by atoms with Crippen molar-refractivity contribution in [3.63, 3.8) is 0 Å². The summed E-state index contributed by atoms with van der Waals surface area (Å²) in [6, 6.07) is 0. The summed E-state index contributed by atoms with van der Waals surface area (Å²) in [5.41, 5.74) is 5.29. The van der Waals surface area contributed by atoms with Crippen molar-refractivity contribution in [2.75, 3.05) is 27.2 Å². The van der Waals surface area contributed by atoms with Crippen molar-refractivity contribution in [3.8, 4) is 0 Å². The zero-order chi connectivity index (χ0) is 14.2. The number of methoxy groups -OCH3 is 1. The molecule has 0 radical (unpaired) electrons. The zero-order valence-corrected chi connectivity index (χ0v) is 12.0. The molecule has 0 saturated heterocycles. The molecule has 0 saturated carbocycles. The maximum atomic E-state index is 12.3. The molecule has 0 aromatic carbocycles. The summed E-state index contributed by atoms with van der Waals surface area (Å²) in [4.78, 5) is 25.0. The van der Waals surface area contributed by atoms with Gasteiger partial charge in [0.25, 0.3) is 0 Å². The van der Waals surface area contributed by atoms with E-state index in [9.17, 15) is 9.59 Å². The normalized spacial score (nSPS) is 11.2. The molecular formula is C13H26N2O3. The van der Waals surface area contributed by atoms with Gasteiger partial charge >= 0.3 is 5.97 Å². The van der Waals surface area contributed by atoms with Gasteiger partial charge in [0.15, 0.2) is 0 Å². The fraction of sp³-hybridized carbons (Fsp3) is 0.846. The van der Waals surface area contributed by atoms with Gasteiger partial charge in [0.05, 0.1) is 12.5 Å². The molecule has 0 rings (SSSR count). The Morgan fingerprint density at radius 1 is 1.28 bits per heavy atom. The van der Waals surface area contributed by atoms with Crippen LogP contribution in [0, 0.1) is 5.41 Å². The van der Waals surface area contributed by atoms with Gasteiger partial charge in [0, 0.05) is 26.6 Å². The van der Waals surface area contributed by atoms with Crippen molar-refractivity contribution >= 4 is 11.9 Å². The number of rotatable bonds is 8. The van der Waals surface area contributed by atoms with E-state index in [1.54, 1.807) is 11.9 Å².